The molecule has 13 heavy (non-hydrogen) atoms. The van der Waals surface area contributed by atoms with Gasteiger partial charge in [0.1, 0.15) is 5.01 Å². The molecule has 5 nitrogen and oxygen atoms in total. The van der Waals surface area contributed by atoms with Crippen molar-refractivity contribution in [2.24, 2.45) is 5.73 Å². The summed E-state index contributed by atoms with van der Waals surface area (Å²) in [4.78, 5) is 0. The van der Waals surface area contributed by atoms with Crippen LogP contribution in [0.3, 0.4) is 0 Å². The van der Waals surface area contributed by atoms with Gasteiger partial charge in [0.2, 0.25) is 5.13 Å². The highest BCUT2D eigenvalue weighted by molar-refractivity contribution is 7.13. The van der Waals surface area contributed by atoms with Crippen LogP contribution in [0.5, 0.6) is 0 Å². The Morgan fingerprint density at radius 1 is 1.54 bits per heavy atom. The van der Waals surface area contributed by atoms with E-state index in [1.54, 1.807) is 10.9 Å². The van der Waals surface area contributed by atoms with Crippen molar-refractivity contribution >= 4 is 11.3 Å². The molecule has 68 valence electrons. The molecule has 2 aromatic rings. The summed E-state index contributed by atoms with van der Waals surface area (Å²) in [5.74, 6) is 0. The Morgan fingerprint density at radius 2 is 2.38 bits per heavy atom. The van der Waals surface area contributed by atoms with Crippen LogP contribution in [0.2, 0.25) is 0 Å². The fourth-order valence-electron chi connectivity index (χ4n) is 0.937. The van der Waals surface area contributed by atoms with Gasteiger partial charge in [-0.2, -0.15) is 5.10 Å². The topological polar surface area (TPSA) is 69.6 Å². The zero-order chi connectivity index (χ0) is 9.26. The van der Waals surface area contributed by atoms with Crippen LogP contribution in [-0.2, 0) is 6.54 Å². The van der Waals surface area contributed by atoms with Gasteiger partial charge >= 0.3 is 0 Å². The molecule has 0 radical (unpaired) electrons. The first-order valence-electron chi connectivity index (χ1n) is 3.83. The number of nitrogens with two attached hydrogens (primary N) is 1. The van der Waals surface area contributed by atoms with Gasteiger partial charge in [-0.15, -0.1) is 10.2 Å². The predicted molar refractivity (Wildman–Crippen MR) is 49.7 cm³/mol. The van der Waals surface area contributed by atoms with Crippen molar-refractivity contribution < 1.29 is 0 Å². The number of rotatable bonds is 2. The van der Waals surface area contributed by atoms with Gasteiger partial charge in [-0.1, -0.05) is 11.3 Å². The quantitative estimate of drug-likeness (QED) is 0.757. The Bertz CT molecular complexity index is 404. The summed E-state index contributed by atoms with van der Waals surface area (Å²) in [6.07, 6.45) is 3.68. The molecule has 0 saturated carbocycles. The van der Waals surface area contributed by atoms with Crippen molar-refractivity contribution in [3.63, 3.8) is 0 Å². The summed E-state index contributed by atoms with van der Waals surface area (Å²) in [5.41, 5.74) is 6.53. The van der Waals surface area contributed by atoms with E-state index in [2.05, 4.69) is 15.3 Å². The third-order valence-corrected chi connectivity index (χ3v) is 2.47. The summed E-state index contributed by atoms with van der Waals surface area (Å²) in [5, 5.41) is 13.6. The smallest absolute Gasteiger partial charge is 0.232 e. The van der Waals surface area contributed by atoms with E-state index < -0.39 is 0 Å². The van der Waals surface area contributed by atoms with Gasteiger partial charge in [0.25, 0.3) is 0 Å². The van der Waals surface area contributed by atoms with Crippen molar-refractivity contribution in [1.29, 1.82) is 0 Å². The Hall–Kier alpha value is -1.27. The van der Waals surface area contributed by atoms with Crippen LogP contribution in [0.1, 0.15) is 10.6 Å². The first-order valence-corrected chi connectivity index (χ1v) is 4.65. The number of aromatic nitrogens is 4. The minimum absolute atomic E-state index is 0.428. The number of hydrogen-bond donors (Lipinski definition) is 1. The largest absolute Gasteiger partial charge is 0.324 e. The monoisotopic (exact) mass is 195 g/mol. The molecule has 0 aromatic carbocycles. The molecule has 2 aromatic heterocycles. The SMILES string of the molecule is Cc1cnn(-c2nnc(CN)s2)c1. The predicted octanol–water partition coefficient (Wildman–Crippen LogP) is 0.491. The van der Waals surface area contributed by atoms with E-state index in [-0.39, 0.29) is 0 Å². The van der Waals surface area contributed by atoms with Gasteiger partial charge in [0, 0.05) is 12.7 Å². The van der Waals surface area contributed by atoms with Crippen LogP contribution >= 0.6 is 11.3 Å². The third kappa shape index (κ3) is 1.58. The van der Waals surface area contributed by atoms with Gasteiger partial charge in [0.05, 0.1) is 6.20 Å². The molecule has 0 bridgehead atoms. The molecule has 2 N–H and O–H groups in total. The lowest BCUT2D eigenvalue weighted by Gasteiger charge is -1.89. The van der Waals surface area contributed by atoms with Crippen LogP contribution < -0.4 is 5.73 Å². The Balaban J connectivity index is 2.35. The summed E-state index contributed by atoms with van der Waals surface area (Å²) in [6, 6.07) is 0. The van der Waals surface area contributed by atoms with Gasteiger partial charge in [0.15, 0.2) is 0 Å². The minimum Gasteiger partial charge on any atom is -0.324 e. The summed E-state index contributed by atoms with van der Waals surface area (Å²) in [7, 11) is 0. The molecule has 2 heterocycles. The molecule has 0 aliphatic carbocycles. The molecular formula is C7H9N5S. The molecule has 2 rings (SSSR count). The standard InChI is InChI=1S/C7H9N5S/c1-5-3-9-12(4-5)7-11-10-6(2-8)13-7/h3-4H,2,8H2,1H3. The summed E-state index contributed by atoms with van der Waals surface area (Å²) < 4.78 is 1.70. The molecule has 0 spiro atoms. The van der Waals surface area contributed by atoms with E-state index in [4.69, 9.17) is 5.73 Å². The second-order valence-electron chi connectivity index (χ2n) is 2.64. The summed E-state index contributed by atoms with van der Waals surface area (Å²) >= 11 is 1.45. The first-order chi connectivity index (χ1) is 6.29. The van der Waals surface area contributed by atoms with E-state index in [1.807, 2.05) is 13.1 Å². The highest BCUT2D eigenvalue weighted by atomic mass is 32.1. The second-order valence-corrected chi connectivity index (χ2v) is 3.69. The number of hydrogen-bond acceptors (Lipinski definition) is 5. The Kier molecular flexibility index (Phi) is 2.07. The van der Waals surface area contributed by atoms with Crippen LogP contribution in [0.4, 0.5) is 0 Å². The fraction of sp³-hybridized carbons (Fsp3) is 0.286. The first kappa shape index (κ1) is 8.33. The normalized spacial score (nSPS) is 10.6. The molecule has 6 heteroatoms. The average molecular weight is 195 g/mol. The Morgan fingerprint density at radius 3 is 2.92 bits per heavy atom. The van der Waals surface area contributed by atoms with E-state index in [0.29, 0.717) is 6.54 Å². The zero-order valence-corrected chi connectivity index (χ0v) is 7.95. The van der Waals surface area contributed by atoms with Crippen molar-refractivity contribution in [3.8, 4) is 5.13 Å². The average Bonchev–Trinajstić information content (AvgIpc) is 2.71. The molecule has 0 saturated heterocycles. The van der Waals surface area contributed by atoms with Gasteiger partial charge < -0.3 is 5.73 Å². The molecule has 0 fully saturated rings. The van der Waals surface area contributed by atoms with Crippen molar-refractivity contribution in [2.75, 3.05) is 0 Å². The second kappa shape index (κ2) is 3.23. The lowest BCUT2D eigenvalue weighted by atomic mass is 10.4. The van der Waals surface area contributed by atoms with Crippen LogP contribution in [-0.4, -0.2) is 20.0 Å². The summed E-state index contributed by atoms with van der Waals surface area (Å²) in [6.45, 7) is 2.41. The lowest BCUT2D eigenvalue weighted by Crippen LogP contribution is -1.94. The number of nitrogens with zero attached hydrogens (tertiary/aromatic N) is 4. The van der Waals surface area contributed by atoms with Crippen LogP contribution in [0.15, 0.2) is 12.4 Å². The highest BCUT2D eigenvalue weighted by Crippen LogP contribution is 2.13. The minimum atomic E-state index is 0.428. The van der Waals surface area contributed by atoms with Crippen molar-refractivity contribution in [2.45, 2.75) is 13.5 Å². The maximum absolute atomic E-state index is 5.42. The fourth-order valence-corrected chi connectivity index (χ4v) is 1.59. The van der Waals surface area contributed by atoms with Gasteiger partial charge in [-0.25, -0.2) is 4.68 Å². The molecule has 0 atom stereocenters. The molecule has 0 unspecified atom stereocenters. The van der Waals surface area contributed by atoms with E-state index in [9.17, 15) is 0 Å². The Labute approximate surface area is 79.2 Å². The van der Waals surface area contributed by atoms with Crippen LogP contribution in [0, 0.1) is 6.92 Å². The lowest BCUT2D eigenvalue weighted by molar-refractivity contribution is 0.838. The zero-order valence-electron chi connectivity index (χ0n) is 7.14. The highest BCUT2D eigenvalue weighted by Gasteiger charge is 2.04. The molecular weight excluding hydrogens is 186 g/mol. The maximum Gasteiger partial charge on any atom is 0.232 e. The van der Waals surface area contributed by atoms with Gasteiger partial charge in [-0.05, 0) is 12.5 Å². The van der Waals surface area contributed by atoms with E-state index in [1.165, 1.54) is 11.3 Å². The van der Waals surface area contributed by atoms with E-state index >= 15 is 0 Å². The number of aryl methyl sites for hydroxylation is 1. The van der Waals surface area contributed by atoms with Crippen LogP contribution in [0.25, 0.3) is 5.13 Å². The van der Waals surface area contributed by atoms with Gasteiger partial charge in [-0.3, -0.25) is 0 Å². The molecule has 0 aliphatic rings. The van der Waals surface area contributed by atoms with Crippen molar-refractivity contribution in [3.05, 3.63) is 23.0 Å². The third-order valence-electron chi connectivity index (χ3n) is 1.54. The maximum atomic E-state index is 5.42. The molecule has 0 aliphatic heterocycles. The van der Waals surface area contributed by atoms with E-state index in [0.717, 1.165) is 15.7 Å². The molecule has 0 amide bonds. The van der Waals surface area contributed by atoms with Crippen molar-refractivity contribution in [1.82, 2.24) is 20.0 Å².